The smallest absolute Gasteiger partial charge is 0.127 e. The Morgan fingerprint density at radius 3 is 2.55 bits per heavy atom. The van der Waals surface area contributed by atoms with Crippen LogP contribution < -0.4 is 5.32 Å². The van der Waals surface area contributed by atoms with E-state index in [1.165, 1.54) is 25.3 Å². The van der Waals surface area contributed by atoms with Crippen molar-refractivity contribution in [2.75, 3.05) is 27.2 Å². The Morgan fingerprint density at radius 1 is 1.25 bits per heavy atom. The maximum Gasteiger partial charge on any atom is 0.127 e. The van der Waals surface area contributed by atoms with E-state index in [0.717, 1.165) is 18.7 Å². The van der Waals surface area contributed by atoms with Gasteiger partial charge in [0.2, 0.25) is 0 Å². The van der Waals surface area contributed by atoms with Crippen LogP contribution >= 0.6 is 0 Å². The minimum absolute atomic E-state index is 0.0600. The van der Waals surface area contributed by atoms with Gasteiger partial charge in [0.25, 0.3) is 0 Å². The zero-order valence-electron chi connectivity index (χ0n) is 13.3. The van der Waals surface area contributed by atoms with Crippen LogP contribution in [0.1, 0.15) is 44.7 Å². The highest BCUT2D eigenvalue weighted by Crippen LogP contribution is 2.24. The second kappa shape index (κ2) is 9.09. The van der Waals surface area contributed by atoms with Crippen LogP contribution in [0.3, 0.4) is 0 Å². The molecule has 114 valence electrons. The van der Waals surface area contributed by atoms with Gasteiger partial charge in [-0.1, -0.05) is 44.9 Å². The lowest BCUT2D eigenvalue weighted by Gasteiger charge is -2.28. The fourth-order valence-electron chi connectivity index (χ4n) is 2.79. The van der Waals surface area contributed by atoms with Crippen molar-refractivity contribution in [2.24, 2.45) is 5.92 Å². The van der Waals surface area contributed by atoms with E-state index < -0.39 is 0 Å². The van der Waals surface area contributed by atoms with Gasteiger partial charge in [-0.3, -0.25) is 0 Å². The number of halogens is 1. The summed E-state index contributed by atoms with van der Waals surface area (Å²) < 4.78 is 13.9. The minimum Gasteiger partial charge on any atom is -0.313 e. The lowest BCUT2D eigenvalue weighted by Crippen LogP contribution is -2.33. The van der Waals surface area contributed by atoms with E-state index in [1.807, 2.05) is 19.2 Å². The summed E-state index contributed by atoms with van der Waals surface area (Å²) in [6, 6.07) is 7.12. The van der Waals surface area contributed by atoms with Gasteiger partial charge in [-0.2, -0.15) is 0 Å². The lowest BCUT2D eigenvalue weighted by molar-refractivity contribution is 0.245. The van der Waals surface area contributed by atoms with E-state index in [-0.39, 0.29) is 11.9 Å². The molecule has 0 spiro atoms. The topological polar surface area (TPSA) is 15.3 Å². The fourth-order valence-corrected chi connectivity index (χ4v) is 2.79. The molecule has 0 saturated carbocycles. The molecule has 20 heavy (non-hydrogen) atoms. The van der Waals surface area contributed by atoms with Crippen LogP contribution in [0.2, 0.25) is 0 Å². The minimum atomic E-state index is -0.118. The molecule has 2 unspecified atom stereocenters. The first-order valence-corrected chi connectivity index (χ1v) is 7.70. The molecule has 0 bridgehead atoms. The molecular formula is C17H29FN2. The predicted octanol–water partition coefficient (Wildman–Crippen LogP) is 3.84. The van der Waals surface area contributed by atoms with E-state index in [4.69, 9.17) is 0 Å². The van der Waals surface area contributed by atoms with Crippen molar-refractivity contribution in [2.45, 2.75) is 39.2 Å². The van der Waals surface area contributed by atoms with Crippen LogP contribution in [0.4, 0.5) is 4.39 Å². The monoisotopic (exact) mass is 280 g/mol. The molecule has 0 aromatic heterocycles. The summed E-state index contributed by atoms with van der Waals surface area (Å²) in [7, 11) is 4.06. The summed E-state index contributed by atoms with van der Waals surface area (Å²) in [5.41, 5.74) is 0.768. The SMILES string of the molecule is CCCCCN(C)CC(C)C(NC)c1ccccc1F. The number of hydrogen-bond donors (Lipinski definition) is 1. The Morgan fingerprint density at radius 2 is 1.95 bits per heavy atom. The average molecular weight is 280 g/mol. The Hall–Kier alpha value is -0.930. The first-order valence-electron chi connectivity index (χ1n) is 7.70. The van der Waals surface area contributed by atoms with Crippen molar-refractivity contribution in [1.29, 1.82) is 0 Å². The third kappa shape index (κ3) is 5.22. The van der Waals surface area contributed by atoms with Gasteiger partial charge >= 0.3 is 0 Å². The maximum atomic E-state index is 13.9. The Kier molecular flexibility index (Phi) is 7.78. The second-order valence-electron chi connectivity index (χ2n) is 5.73. The third-order valence-electron chi connectivity index (χ3n) is 3.86. The normalized spacial score (nSPS) is 14.5. The number of hydrogen-bond acceptors (Lipinski definition) is 2. The summed E-state index contributed by atoms with van der Waals surface area (Å²) >= 11 is 0. The molecule has 1 rings (SSSR count). The maximum absolute atomic E-state index is 13.9. The van der Waals surface area contributed by atoms with Crippen LogP contribution in [-0.4, -0.2) is 32.1 Å². The number of nitrogens with zero attached hydrogens (tertiary/aromatic N) is 1. The van der Waals surface area contributed by atoms with Crippen LogP contribution in [0, 0.1) is 11.7 Å². The van der Waals surface area contributed by atoms with Gasteiger partial charge in [-0.15, -0.1) is 0 Å². The van der Waals surface area contributed by atoms with Gasteiger partial charge in [-0.25, -0.2) is 4.39 Å². The fraction of sp³-hybridized carbons (Fsp3) is 0.647. The standard InChI is InChI=1S/C17H29FN2/c1-5-6-9-12-20(4)13-14(2)17(19-3)15-10-7-8-11-16(15)18/h7-8,10-11,14,17,19H,5-6,9,12-13H2,1-4H3. The molecule has 1 aromatic rings. The molecule has 0 radical (unpaired) electrons. The molecule has 0 saturated heterocycles. The van der Waals surface area contributed by atoms with Gasteiger partial charge < -0.3 is 10.2 Å². The molecular weight excluding hydrogens is 251 g/mol. The summed E-state index contributed by atoms with van der Waals surface area (Å²) in [4.78, 5) is 2.35. The molecule has 0 aliphatic rings. The van der Waals surface area contributed by atoms with E-state index in [0.29, 0.717) is 5.92 Å². The summed E-state index contributed by atoms with van der Waals surface area (Å²) in [6.07, 6.45) is 3.77. The van der Waals surface area contributed by atoms with E-state index in [2.05, 4.69) is 31.1 Å². The van der Waals surface area contributed by atoms with Crippen LogP contribution in [-0.2, 0) is 0 Å². The van der Waals surface area contributed by atoms with Gasteiger partial charge in [0.15, 0.2) is 0 Å². The highest BCUT2D eigenvalue weighted by atomic mass is 19.1. The van der Waals surface area contributed by atoms with Crippen LogP contribution in [0.25, 0.3) is 0 Å². The first kappa shape index (κ1) is 17.1. The molecule has 1 aromatic carbocycles. The van der Waals surface area contributed by atoms with E-state index >= 15 is 0 Å². The Balaban J connectivity index is 2.59. The molecule has 0 aliphatic carbocycles. The quantitative estimate of drug-likeness (QED) is 0.691. The summed E-state index contributed by atoms with van der Waals surface area (Å²) in [5.74, 6) is 0.246. The van der Waals surface area contributed by atoms with Gasteiger partial charge in [0.05, 0.1) is 0 Å². The van der Waals surface area contributed by atoms with Crippen molar-refractivity contribution in [3.8, 4) is 0 Å². The first-order chi connectivity index (χ1) is 9.60. The largest absolute Gasteiger partial charge is 0.313 e. The lowest BCUT2D eigenvalue weighted by atomic mass is 9.93. The molecule has 0 heterocycles. The second-order valence-corrected chi connectivity index (χ2v) is 5.73. The average Bonchev–Trinajstić information content (AvgIpc) is 2.42. The van der Waals surface area contributed by atoms with Crippen molar-refractivity contribution in [1.82, 2.24) is 10.2 Å². The molecule has 2 atom stereocenters. The number of rotatable bonds is 9. The molecule has 0 amide bonds. The molecule has 0 aliphatic heterocycles. The third-order valence-corrected chi connectivity index (χ3v) is 3.86. The van der Waals surface area contributed by atoms with Crippen LogP contribution in [0.5, 0.6) is 0 Å². The summed E-state index contributed by atoms with van der Waals surface area (Å²) in [6.45, 7) is 6.50. The number of nitrogens with one attached hydrogen (secondary N) is 1. The number of unbranched alkanes of at least 4 members (excludes halogenated alkanes) is 2. The molecule has 0 fully saturated rings. The zero-order chi connectivity index (χ0) is 15.0. The highest BCUT2D eigenvalue weighted by Gasteiger charge is 2.21. The predicted molar refractivity (Wildman–Crippen MR) is 84.4 cm³/mol. The van der Waals surface area contributed by atoms with Gasteiger partial charge in [0.1, 0.15) is 5.82 Å². The van der Waals surface area contributed by atoms with Crippen LogP contribution in [0.15, 0.2) is 24.3 Å². The number of benzene rings is 1. The molecule has 3 heteroatoms. The van der Waals surface area contributed by atoms with Gasteiger partial charge in [0, 0.05) is 18.2 Å². The molecule has 2 nitrogen and oxygen atoms in total. The van der Waals surface area contributed by atoms with Crippen molar-refractivity contribution in [3.05, 3.63) is 35.6 Å². The van der Waals surface area contributed by atoms with Crippen molar-refractivity contribution < 1.29 is 4.39 Å². The van der Waals surface area contributed by atoms with Crippen molar-refractivity contribution in [3.63, 3.8) is 0 Å². The molecule has 1 N–H and O–H groups in total. The highest BCUT2D eigenvalue weighted by molar-refractivity contribution is 5.21. The Labute approximate surface area is 123 Å². The Bertz CT molecular complexity index is 381. The van der Waals surface area contributed by atoms with E-state index in [9.17, 15) is 4.39 Å². The van der Waals surface area contributed by atoms with Gasteiger partial charge in [-0.05, 0) is 39.0 Å². The summed E-state index contributed by atoms with van der Waals surface area (Å²) in [5, 5.41) is 3.26. The van der Waals surface area contributed by atoms with E-state index in [1.54, 1.807) is 6.07 Å². The zero-order valence-corrected chi connectivity index (χ0v) is 13.3. The van der Waals surface area contributed by atoms with Crippen molar-refractivity contribution >= 4 is 0 Å².